The van der Waals surface area contributed by atoms with Crippen LogP contribution in [0.1, 0.15) is 35.2 Å². The smallest absolute Gasteiger partial charge is 0.328 e. The molecule has 3 atom stereocenters. The summed E-state index contributed by atoms with van der Waals surface area (Å²) in [7, 11) is 0. The van der Waals surface area contributed by atoms with Crippen LogP contribution in [-0.2, 0) is 9.53 Å². The van der Waals surface area contributed by atoms with Crippen LogP contribution in [0.2, 0.25) is 0 Å². The molecule has 2 heterocycles. The number of carbonyl (C=O) groups is 2. The molecule has 1 amide bonds. The Balaban J connectivity index is 1.61. The van der Waals surface area contributed by atoms with E-state index in [1.54, 1.807) is 24.3 Å². The molecule has 3 unspecified atom stereocenters. The first-order chi connectivity index (χ1) is 10.1. The molecule has 2 fully saturated rings. The fraction of sp³-hybridized carbons (Fsp3) is 0.375. The van der Waals surface area contributed by atoms with Gasteiger partial charge in [-0.1, -0.05) is 12.1 Å². The van der Waals surface area contributed by atoms with Crippen LogP contribution in [0.5, 0.6) is 0 Å². The first-order valence-corrected chi connectivity index (χ1v) is 7.09. The van der Waals surface area contributed by atoms with E-state index in [4.69, 9.17) is 9.84 Å². The summed E-state index contributed by atoms with van der Waals surface area (Å²) in [5.41, 5.74) is 1.32. The molecule has 5 nitrogen and oxygen atoms in total. The van der Waals surface area contributed by atoms with Crippen molar-refractivity contribution in [1.29, 1.82) is 0 Å². The van der Waals surface area contributed by atoms with E-state index >= 15 is 0 Å². The highest BCUT2D eigenvalue weighted by Crippen LogP contribution is 2.34. The number of carbonyl (C=O) groups excluding carboxylic acids is 1. The van der Waals surface area contributed by atoms with Crippen molar-refractivity contribution in [1.82, 2.24) is 5.32 Å². The highest BCUT2D eigenvalue weighted by Gasteiger charge is 2.41. The molecule has 1 aromatic carbocycles. The van der Waals surface area contributed by atoms with Crippen molar-refractivity contribution in [3.8, 4) is 0 Å². The number of rotatable bonds is 4. The van der Waals surface area contributed by atoms with Gasteiger partial charge in [-0.05, 0) is 43.0 Å². The van der Waals surface area contributed by atoms with Gasteiger partial charge in [0, 0.05) is 11.6 Å². The van der Waals surface area contributed by atoms with Crippen LogP contribution < -0.4 is 5.32 Å². The summed E-state index contributed by atoms with van der Waals surface area (Å²) in [6.45, 7) is 0. The highest BCUT2D eigenvalue weighted by molar-refractivity contribution is 5.94. The van der Waals surface area contributed by atoms with Crippen molar-refractivity contribution in [2.75, 3.05) is 0 Å². The van der Waals surface area contributed by atoms with Gasteiger partial charge < -0.3 is 15.2 Å². The number of benzene rings is 1. The number of carboxylic acids is 1. The lowest BCUT2D eigenvalue weighted by Gasteiger charge is -2.20. The second kappa shape index (κ2) is 5.69. The largest absolute Gasteiger partial charge is 0.478 e. The van der Waals surface area contributed by atoms with Gasteiger partial charge in [-0.2, -0.15) is 0 Å². The van der Waals surface area contributed by atoms with Crippen molar-refractivity contribution < 1.29 is 19.4 Å². The third-order valence-corrected chi connectivity index (χ3v) is 4.01. The first-order valence-electron chi connectivity index (χ1n) is 7.09. The summed E-state index contributed by atoms with van der Waals surface area (Å²) >= 11 is 0. The fourth-order valence-corrected chi connectivity index (χ4v) is 2.95. The van der Waals surface area contributed by atoms with Crippen LogP contribution in [0.25, 0.3) is 6.08 Å². The molecule has 21 heavy (non-hydrogen) atoms. The van der Waals surface area contributed by atoms with E-state index in [0.717, 1.165) is 30.9 Å². The third-order valence-electron chi connectivity index (χ3n) is 4.01. The minimum absolute atomic E-state index is 0.107. The van der Waals surface area contributed by atoms with Crippen LogP contribution in [0.3, 0.4) is 0 Å². The van der Waals surface area contributed by atoms with Gasteiger partial charge in [-0.3, -0.25) is 4.79 Å². The van der Waals surface area contributed by atoms with Crippen LogP contribution in [0.15, 0.2) is 30.3 Å². The molecule has 0 spiro atoms. The standard InChI is InChI=1S/C16H17NO4/c18-15(19)8-3-10-1-4-11(5-2-10)16(20)17-13-9-12-6-7-14(13)21-12/h1-5,8,12-14H,6-7,9H2,(H,17,20)(H,18,19)/b8-3+. The monoisotopic (exact) mass is 287 g/mol. The number of aliphatic carboxylic acids is 1. The minimum atomic E-state index is -0.992. The second-order valence-electron chi connectivity index (χ2n) is 5.48. The number of hydrogen-bond donors (Lipinski definition) is 2. The summed E-state index contributed by atoms with van der Waals surface area (Å²) in [5.74, 6) is -1.10. The summed E-state index contributed by atoms with van der Waals surface area (Å²) < 4.78 is 5.72. The second-order valence-corrected chi connectivity index (χ2v) is 5.48. The van der Waals surface area contributed by atoms with E-state index < -0.39 is 5.97 Å². The Kier molecular flexibility index (Phi) is 3.75. The van der Waals surface area contributed by atoms with Gasteiger partial charge in [-0.25, -0.2) is 4.79 Å². The van der Waals surface area contributed by atoms with Gasteiger partial charge in [0.15, 0.2) is 0 Å². The van der Waals surface area contributed by atoms with Crippen molar-refractivity contribution >= 4 is 18.0 Å². The molecular weight excluding hydrogens is 270 g/mol. The molecule has 2 saturated heterocycles. The number of ether oxygens (including phenoxy) is 1. The molecule has 0 saturated carbocycles. The summed E-state index contributed by atoms with van der Waals surface area (Å²) in [6, 6.07) is 6.97. The van der Waals surface area contributed by atoms with E-state index in [0.29, 0.717) is 11.7 Å². The summed E-state index contributed by atoms with van der Waals surface area (Å²) in [4.78, 5) is 22.6. The van der Waals surface area contributed by atoms with E-state index in [9.17, 15) is 9.59 Å². The van der Waals surface area contributed by atoms with E-state index in [1.807, 2.05) is 0 Å². The number of nitrogens with one attached hydrogen (secondary N) is 1. The van der Waals surface area contributed by atoms with Crippen LogP contribution >= 0.6 is 0 Å². The number of hydrogen-bond acceptors (Lipinski definition) is 3. The molecule has 0 radical (unpaired) electrons. The number of amides is 1. The van der Waals surface area contributed by atoms with Gasteiger partial charge >= 0.3 is 5.97 Å². The average Bonchev–Trinajstić information content (AvgIpc) is 3.08. The van der Waals surface area contributed by atoms with Gasteiger partial charge in [-0.15, -0.1) is 0 Å². The van der Waals surface area contributed by atoms with E-state index in [1.165, 1.54) is 6.08 Å². The Morgan fingerprint density at radius 2 is 2.00 bits per heavy atom. The predicted molar refractivity (Wildman–Crippen MR) is 76.9 cm³/mol. The Morgan fingerprint density at radius 3 is 2.57 bits per heavy atom. The molecule has 0 aromatic heterocycles. The summed E-state index contributed by atoms with van der Waals surface area (Å²) in [6.07, 6.45) is 6.06. The van der Waals surface area contributed by atoms with Gasteiger partial charge in [0.2, 0.25) is 0 Å². The average molecular weight is 287 g/mol. The maximum absolute atomic E-state index is 12.2. The quantitative estimate of drug-likeness (QED) is 0.828. The lowest BCUT2D eigenvalue weighted by molar-refractivity contribution is -0.131. The Hall–Kier alpha value is -2.14. The lowest BCUT2D eigenvalue weighted by Crippen LogP contribution is -2.41. The molecule has 5 heteroatoms. The maximum Gasteiger partial charge on any atom is 0.328 e. The molecule has 2 bridgehead atoms. The fourth-order valence-electron chi connectivity index (χ4n) is 2.95. The van der Waals surface area contributed by atoms with Gasteiger partial charge in [0.1, 0.15) is 0 Å². The summed E-state index contributed by atoms with van der Waals surface area (Å²) in [5, 5.41) is 11.6. The van der Waals surface area contributed by atoms with Gasteiger partial charge in [0.25, 0.3) is 5.91 Å². The molecule has 3 rings (SSSR count). The molecule has 0 aliphatic carbocycles. The number of fused-ring (bicyclic) bond motifs is 2. The Bertz CT molecular complexity index is 578. The molecule has 2 N–H and O–H groups in total. The zero-order valence-corrected chi connectivity index (χ0v) is 11.5. The van der Waals surface area contributed by atoms with E-state index in [2.05, 4.69) is 5.32 Å². The Morgan fingerprint density at radius 1 is 1.24 bits per heavy atom. The van der Waals surface area contributed by atoms with Crippen molar-refractivity contribution in [2.45, 2.75) is 37.5 Å². The lowest BCUT2D eigenvalue weighted by atomic mass is 9.95. The molecular formula is C16H17NO4. The maximum atomic E-state index is 12.2. The van der Waals surface area contributed by atoms with Crippen LogP contribution in [-0.4, -0.2) is 35.2 Å². The third kappa shape index (κ3) is 3.13. The Labute approximate surface area is 122 Å². The molecule has 1 aromatic rings. The van der Waals surface area contributed by atoms with Crippen molar-refractivity contribution in [3.63, 3.8) is 0 Å². The number of carboxylic acid groups (broad SMARTS) is 1. The predicted octanol–water partition coefficient (Wildman–Crippen LogP) is 1.83. The minimum Gasteiger partial charge on any atom is -0.478 e. The van der Waals surface area contributed by atoms with Gasteiger partial charge in [0.05, 0.1) is 18.2 Å². The highest BCUT2D eigenvalue weighted by atomic mass is 16.5. The normalized spacial score (nSPS) is 27.1. The van der Waals surface area contributed by atoms with Crippen molar-refractivity contribution in [3.05, 3.63) is 41.5 Å². The zero-order chi connectivity index (χ0) is 14.8. The first kappa shape index (κ1) is 13.8. The molecule has 2 aliphatic heterocycles. The zero-order valence-electron chi connectivity index (χ0n) is 11.5. The molecule has 110 valence electrons. The van der Waals surface area contributed by atoms with E-state index in [-0.39, 0.29) is 18.1 Å². The topological polar surface area (TPSA) is 75.6 Å². The molecule has 2 aliphatic rings. The van der Waals surface area contributed by atoms with Crippen LogP contribution in [0, 0.1) is 0 Å². The van der Waals surface area contributed by atoms with Crippen molar-refractivity contribution in [2.24, 2.45) is 0 Å². The SMILES string of the molecule is O=C(O)/C=C/c1ccc(C(=O)NC2CC3CCC2O3)cc1. The van der Waals surface area contributed by atoms with Crippen LogP contribution in [0.4, 0.5) is 0 Å².